The lowest BCUT2D eigenvalue weighted by Gasteiger charge is -2.20. The summed E-state index contributed by atoms with van der Waals surface area (Å²) in [7, 11) is -2.06. The minimum Gasteiger partial charge on any atom is -0.351 e. The van der Waals surface area contributed by atoms with E-state index < -0.39 is 10.0 Å². The second-order valence-corrected chi connectivity index (χ2v) is 11.9. The highest BCUT2D eigenvalue weighted by molar-refractivity contribution is 8.15. The third kappa shape index (κ3) is 4.31. The number of benzene rings is 1. The third-order valence-electron chi connectivity index (χ3n) is 5.55. The minimum atomic E-state index is -3.63. The van der Waals surface area contributed by atoms with Crippen molar-refractivity contribution in [3.8, 4) is 0 Å². The number of aromatic nitrogens is 1. The standard InChI is InChI=1S/C22H26N4O3S3/c1-4-26(5-2)19(27)13-16-14-23-22(31-16)17-12-15-8-6-9-18(21(15)24-17)25(3)32(28,29)20-10-7-11-30-20/h6-12,16,24H,4-5,13-14H2,1-3H3. The normalized spacial score (nSPS) is 16.3. The molecular weight excluding hydrogens is 464 g/mol. The van der Waals surface area contributed by atoms with Gasteiger partial charge in [-0.05, 0) is 37.4 Å². The number of carbonyl (C=O) groups is 1. The van der Waals surface area contributed by atoms with Crippen molar-refractivity contribution >= 4 is 60.7 Å². The molecule has 10 heteroatoms. The number of nitrogens with zero attached hydrogens (tertiary/aromatic N) is 3. The van der Waals surface area contributed by atoms with Crippen molar-refractivity contribution in [1.29, 1.82) is 0 Å². The summed E-state index contributed by atoms with van der Waals surface area (Å²) < 4.78 is 27.6. The number of hydrogen-bond donors (Lipinski definition) is 1. The molecule has 1 aromatic carbocycles. The van der Waals surface area contributed by atoms with Gasteiger partial charge >= 0.3 is 0 Å². The molecule has 1 N–H and O–H groups in total. The molecule has 7 nitrogen and oxygen atoms in total. The lowest BCUT2D eigenvalue weighted by molar-refractivity contribution is -0.130. The zero-order valence-corrected chi connectivity index (χ0v) is 20.7. The van der Waals surface area contributed by atoms with Crippen molar-refractivity contribution in [1.82, 2.24) is 9.88 Å². The van der Waals surface area contributed by atoms with Gasteiger partial charge in [0.15, 0.2) is 0 Å². The number of sulfonamides is 1. The Morgan fingerprint density at radius 1 is 1.22 bits per heavy atom. The van der Waals surface area contributed by atoms with Crippen LogP contribution in [0.25, 0.3) is 10.9 Å². The van der Waals surface area contributed by atoms with Crippen LogP contribution < -0.4 is 4.31 Å². The first-order valence-corrected chi connectivity index (χ1v) is 13.7. The van der Waals surface area contributed by atoms with Gasteiger partial charge in [-0.2, -0.15) is 0 Å². The van der Waals surface area contributed by atoms with E-state index in [1.54, 1.807) is 42.4 Å². The Labute approximate surface area is 196 Å². The second-order valence-electron chi connectivity index (χ2n) is 7.48. The molecule has 0 saturated carbocycles. The van der Waals surface area contributed by atoms with Crippen LogP contribution in [0.3, 0.4) is 0 Å². The Hall–Kier alpha value is -2.30. The van der Waals surface area contributed by atoms with Crippen LogP contribution in [0.5, 0.6) is 0 Å². The molecule has 1 aliphatic heterocycles. The largest absolute Gasteiger partial charge is 0.351 e. The van der Waals surface area contributed by atoms with E-state index in [0.717, 1.165) is 21.6 Å². The highest BCUT2D eigenvalue weighted by atomic mass is 32.2. The molecule has 3 aromatic rings. The number of amides is 1. The number of rotatable bonds is 8. The molecule has 1 amide bonds. The molecule has 0 saturated heterocycles. The Bertz CT molecular complexity index is 1240. The number of anilines is 1. The number of fused-ring (bicyclic) bond motifs is 1. The van der Waals surface area contributed by atoms with Gasteiger partial charge < -0.3 is 9.88 Å². The van der Waals surface area contributed by atoms with E-state index in [0.29, 0.717) is 36.0 Å². The Balaban J connectivity index is 1.56. The van der Waals surface area contributed by atoms with Gasteiger partial charge in [-0.1, -0.05) is 30.0 Å². The van der Waals surface area contributed by atoms with Crippen molar-refractivity contribution < 1.29 is 13.2 Å². The zero-order chi connectivity index (χ0) is 22.9. The summed E-state index contributed by atoms with van der Waals surface area (Å²) in [4.78, 5) is 22.3. The number of H-pyrrole nitrogens is 1. The molecule has 0 fully saturated rings. The van der Waals surface area contributed by atoms with Gasteiger partial charge in [0.25, 0.3) is 10.0 Å². The highest BCUT2D eigenvalue weighted by Crippen LogP contribution is 2.34. The molecule has 170 valence electrons. The van der Waals surface area contributed by atoms with Crippen molar-refractivity contribution in [3.05, 3.63) is 47.5 Å². The van der Waals surface area contributed by atoms with E-state index in [4.69, 9.17) is 0 Å². The molecule has 0 bridgehead atoms. The minimum absolute atomic E-state index is 0.117. The number of thiophene rings is 1. The first kappa shape index (κ1) is 22.9. The lowest BCUT2D eigenvalue weighted by atomic mass is 10.2. The Morgan fingerprint density at radius 3 is 2.69 bits per heavy atom. The van der Waals surface area contributed by atoms with E-state index in [1.807, 2.05) is 36.9 Å². The highest BCUT2D eigenvalue weighted by Gasteiger charge is 2.27. The molecule has 1 atom stereocenters. The monoisotopic (exact) mass is 490 g/mol. The second kappa shape index (κ2) is 9.29. The number of nitrogens with one attached hydrogen (secondary N) is 1. The fraction of sp³-hybridized carbons (Fsp3) is 0.364. The predicted octanol–water partition coefficient (Wildman–Crippen LogP) is 4.18. The fourth-order valence-corrected chi connectivity index (χ4v) is 7.21. The van der Waals surface area contributed by atoms with E-state index in [1.165, 1.54) is 15.6 Å². The molecule has 3 heterocycles. The number of thioether (sulfide) groups is 1. The number of aromatic amines is 1. The summed E-state index contributed by atoms with van der Waals surface area (Å²) in [5, 5.41) is 3.64. The Morgan fingerprint density at radius 2 is 2.00 bits per heavy atom. The van der Waals surface area contributed by atoms with Crippen LogP contribution in [0.2, 0.25) is 0 Å². The number of hydrogen-bond acceptors (Lipinski definition) is 6. The van der Waals surface area contributed by atoms with Gasteiger partial charge in [-0.15, -0.1) is 11.3 Å². The molecule has 32 heavy (non-hydrogen) atoms. The quantitative estimate of drug-likeness (QED) is 0.513. The summed E-state index contributed by atoms with van der Waals surface area (Å²) in [6.07, 6.45) is 0.465. The van der Waals surface area contributed by atoms with Crippen molar-refractivity contribution in [2.24, 2.45) is 4.99 Å². The van der Waals surface area contributed by atoms with Crippen molar-refractivity contribution in [3.63, 3.8) is 0 Å². The van der Waals surface area contributed by atoms with Crippen molar-refractivity contribution in [2.75, 3.05) is 31.0 Å². The van der Waals surface area contributed by atoms with Crippen LogP contribution in [-0.2, 0) is 14.8 Å². The van der Waals surface area contributed by atoms with Crippen LogP contribution in [0.4, 0.5) is 5.69 Å². The average molecular weight is 491 g/mol. The SMILES string of the molecule is CCN(CC)C(=O)CC1CN=C(c2cc3cccc(N(C)S(=O)(=O)c4cccs4)c3[nH]2)S1. The number of carbonyl (C=O) groups excluding carboxylic acids is 1. The van der Waals surface area contributed by atoms with Gasteiger partial charge in [0, 0.05) is 37.2 Å². The van der Waals surface area contributed by atoms with Crippen LogP contribution >= 0.6 is 23.1 Å². The maximum Gasteiger partial charge on any atom is 0.273 e. The molecule has 0 spiro atoms. The first-order valence-electron chi connectivity index (χ1n) is 10.5. The fourth-order valence-electron chi connectivity index (χ4n) is 3.76. The van der Waals surface area contributed by atoms with Gasteiger partial charge in [0.2, 0.25) is 5.91 Å². The molecule has 0 radical (unpaired) electrons. The van der Waals surface area contributed by atoms with E-state index >= 15 is 0 Å². The van der Waals surface area contributed by atoms with Crippen LogP contribution in [0.1, 0.15) is 26.0 Å². The van der Waals surface area contributed by atoms with Gasteiger partial charge in [0.1, 0.15) is 9.25 Å². The van der Waals surface area contributed by atoms with E-state index in [-0.39, 0.29) is 11.2 Å². The van der Waals surface area contributed by atoms with Crippen LogP contribution in [0.15, 0.2) is 51.0 Å². The molecule has 2 aromatic heterocycles. The smallest absolute Gasteiger partial charge is 0.273 e. The zero-order valence-electron chi connectivity index (χ0n) is 18.2. The molecule has 1 aliphatic rings. The summed E-state index contributed by atoms with van der Waals surface area (Å²) in [5.41, 5.74) is 2.17. The maximum atomic E-state index is 13.0. The summed E-state index contributed by atoms with van der Waals surface area (Å²) in [6.45, 7) is 6.01. The third-order valence-corrected chi connectivity index (χ3v) is 9.91. The summed E-state index contributed by atoms with van der Waals surface area (Å²) >= 11 is 2.81. The first-order chi connectivity index (χ1) is 15.3. The predicted molar refractivity (Wildman–Crippen MR) is 134 cm³/mol. The molecule has 0 aliphatic carbocycles. The molecule has 4 rings (SSSR count). The van der Waals surface area contributed by atoms with Crippen LogP contribution in [0, 0.1) is 0 Å². The average Bonchev–Trinajstić information content (AvgIpc) is 3.53. The Kier molecular flexibility index (Phi) is 6.64. The number of para-hydroxylation sites is 1. The maximum absolute atomic E-state index is 13.0. The van der Waals surface area contributed by atoms with E-state index in [9.17, 15) is 13.2 Å². The van der Waals surface area contributed by atoms with Gasteiger partial charge in [0.05, 0.1) is 23.4 Å². The lowest BCUT2D eigenvalue weighted by Crippen LogP contribution is -2.32. The van der Waals surface area contributed by atoms with Gasteiger partial charge in [-0.3, -0.25) is 14.1 Å². The molecule has 1 unspecified atom stereocenters. The van der Waals surface area contributed by atoms with Crippen molar-refractivity contribution in [2.45, 2.75) is 29.7 Å². The number of aliphatic imine (C=N–C) groups is 1. The van der Waals surface area contributed by atoms with E-state index in [2.05, 4.69) is 9.98 Å². The van der Waals surface area contributed by atoms with Gasteiger partial charge in [-0.25, -0.2) is 8.42 Å². The summed E-state index contributed by atoms with van der Waals surface area (Å²) in [6, 6.07) is 10.9. The summed E-state index contributed by atoms with van der Waals surface area (Å²) in [5.74, 6) is 0.156. The van der Waals surface area contributed by atoms with Crippen LogP contribution in [-0.4, -0.2) is 61.2 Å². The molecular formula is C22H26N4O3S3. The topological polar surface area (TPSA) is 85.8 Å².